The van der Waals surface area contributed by atoms with E-state index in [4.69, 9.17) is 4.98 Å². The molecule has 0 radical (unpaired) electrons. The molecule has 0 aliphatic rings. The highest BCUT2D eigenvalue weighted by atomic mass is 15.0. The number of rotatable bonds is 7. The van der Waals surface area contributed by atoms with E-state index < -0.39 is 0 Å². The summed E-state index contributed by atoms with van der Waals surface area (Å²) in [6.07, 6.45) is 3.51. The molecule has 0 amide bonds. The van der Waals surface area contributed by atoms with Crippen LogP contribution in [0.4, 0.5) is 0 Å². The van der Waals surface area contributed by atoms with Crippen LogP contribution in [-0.2, 0) is 0 Å². The zero-order chi connectivity index (χ0) is 55.2. The molecule has 0 unspecified atom stereocenters. The Balaban J connectivity index is 1.12. The van der Waals surface area contributed by atoms with Gasteiger partial charge in [-0.15, -0.1) is 0 Å². The van der Waals surface area contributed by atoms with Crippen molar-refractivity contribution in [2.45, 2.75) is 0 Å². The number of benzene rings is 9. The molecule has 12 nitrogen and oxygen atoms in total. The Kier molecular flexibility index (Phi) is 11.7. The van der Waals surface area contributed by atoms with Gasteiger partial charge < -0.3 is 9.13 Å². The molecule has 0 aliphatic heterocycles. The van der Waals surface area contributed by atoms with Gasteiger partial charge in [0.15, 0.2) is 0 Å². The maximum absolute atomic E-state index is 10.6. The monoisotopic (exact) mass is 1010 g/mol. The molecular formula is C68H30N12. The first-order chi connectivity index (χ1) is 39.2. The smallest absolute Gasteiger partial charge is 0.0992 e. The van der Waals surface area contributed by atoms with Gasteiger partial charge in [-0.3, -0.25) is 4.98 Å². The summed E-state index contributed by atoms with van der Waals surface area (Å²) >= 11 is 0. The van der Waals surface area contributed by atoms with Crippen LogP contribution in [0.1, 0.15) is 50.1 Å². The van der Waals surface area contributed by atoms with Crippen molar-refractivity contribution in [2.24, 2.45) is 0 Å². The van der Waals surface area contributed by atoms with Gasteiger partial charge in [0.1, 0.15) is 0 Å². The van der Waals surface area contributed by atoms with E-state index >= 15 is 0 Å². The molecule has 0 atom stereocenters. The summed E-state index contributed by atoms with van der Waals surface area (Å²) in [5, 5.41) is 93.3. The van der Waals surface area contributed by atoms with Gasteiger partial charge in [0.05, 0.1) is 144 Å². The molecule has 3 aromatic heterocycles. The summed E-state index contributed by atoms with van der Waals surface area (Å²) in [4.78, 5) is 4.72. The van der Waals surface area contributed by atoms with Gasteiger partial charge in [0.25, 0.3) is 0 Å². The highest BCUT2D eigenvalue weighted by Crippen LogP contribution is 2.44. The fourth-order valence-corrected chi connectivity index (χ4v) is 10.8. The van der Waals surface area contributed by atoms with Crippen LogP contribution in [0.3, 0.4) is 0 Å². The highest BCUT2D eigenvalue weighted by molar-refractivity contribution is 6.14. The van der Waals surface area contributed by atoms with E-state index in [9.17, 15) is 47.4 Å². The lowest BCUT2D eigenvalue weighted by Crippen LogP contribution is -2.02. The minimum Gasteiger partial charge on any atom is -0.309 e. The first-order valence-electron chi connectivity index (χ1n) is 24.6. The largest absolute Gasteiger partial charge is 0.309 e. The van der Waals surface area contributed by atoms with Crippen molar-refractivity contribution in [3.63, 3.8) is 0 Å². The number of pyridine rings is 1. The average Bonchev–Trinajstić information content (AvgIpc) is 4.22. The minimum absolute atomic E-state index is 0.337. The molecule has 362 valence electrons. The van der Waals surface area contributed by atoms with Crippen molar-refractivity contribution in [2.75, 3.05) is 0 Å². The lowest BCUT2D eigenvalue weighted by molar-refractivity contribution is 1.13. The molecule has 0 spiro atoms. The molecule has 3 heterocycles. The zero-order valence-corrected chi connectivity index (χ0v) is 41.7. The maximum Gasteiger partial charge on any atom is 0.0992 e. The third-order valence-electron chi connectivity index (χ3n) is 14.3. The van der Waals surface area contributed by atoms with Crippen LogP contribution in [0.25, 0.3) is 111 Å². The number of fused-ring (bicyclic) bond motifs is 6. The molecule has 0 saturated carbocycles. The summed E-state index contributed by atoms with van der Waals surface area (Å²) in [6, 6.07) is 71.2. The topological polar surface area (TPSA) is 237 Å². The summed E-state index contributed by atoms with van der Waals surface area (Å²) < 4.78 is 4.24. The second kappa shape index (κ2) is 19.4. The lowest BCUT2D eigenvalue weighted by Gasteiger charge is -2.18. The predicted octanol–water partition coefficient (Wildman–Crippen LogP) is 14.5. The molecule has 12 aromatic rings. The number of nitriles is 9. The van der Waals surface area contributed by atoms with E-state index in [2.05, 4.69) is 63.8 Å². The third-order valence-corrected chi connectivity index (χ3v) is 14.3. The van der Waals surface area contributed by atoms with Crippen molar-refractivity contribution in [1.82, 2.24) is 14.1 Å². The van der Waals surface area contributed by atoms with Gasteiger partial charge in [0.2, 0.25) is 0 Å². The molecule has 0 bridgehead atoms. The van der Waals surface area contributed by atoms with Gasteiger partial charge in [-0.05, 0) is 184 Å². The van der Waals surface area contributed by atoms with Crippen molar-refractivity contribution in [3.05, 3.63) is 232 Å². The van der Waals surface area contributed by atoms with Crippen molar-refractivity contribution < 1.29 is 0 Å². The number of nitrogens with zero attached hydrogens (tertiary/aromatic N) is 12. The van der Waals surface area contributed by atoms with E-state index in [0.29, 0.717) is 83.7 Å². The second-order valence-electron chi connectivity index (χ2n) is 18.9. The Morgan fingerprint density at radius 2 is 0.537 bits per heavy atom. The third kappa shape index (κ3) is 8.17. The van der Waals surface area contributed by atoms with Crippen LogP contribution in [0.5, 0.6) is 0 Å². The number of hydrogen-bond acceptors (Lipinski definition) is 10. The van der Waals surface area contributed by atoms with Crippen molar-refractivity contribution in [1.29, 1.82) is 47.4 Å². The van der Waals surface area contributed by atoms with Crippen LogP contribution < -0.4 is 0 Å². The fraction of sp³-hybridized carbons (Fsp3) is 0. The molecule has 80 heavy (non-hydrogen) atoms. The van der Waals surface area contributed by atoms with E-state index in [1.54, 1.807) is 91.3 Å². The molecule has 12 heteroatoms. The molecule has 0 N–H and O–H groups in total. The maximum atomic E-state index is 10.6. The molecular weight excluding hydrogens is 985 g/mol. The molecule has 0 fully saturated rings. The molecule has 9 aromatic carbocycles. The summed E-state index contributed by atoms with van der Waals surface area (Å²) in [7, 11) is 0. The van der Waals surface area contributed by atoms with Crippen LogP contribution in [0.2, 0.25) is 0 Å². The standard InChI is InChI=1S/C68H30N12/c69-30-40-1-6-57(67(25-40)79-63-7-2-49(53-17-41(31-70)13-42(18-53)32-71)26-59(63)60-27-50(3-8-64(60)79)54-19-43(33-72)14-44(20-54)34-73)58-11-12-78-39-68(58)80-65-9-4-51(55-21-45(35-74)15-46(22-55)36-75)28-61(65)62-29-52(5-10-66(62)80)56-23-47(37-76)16-48(24-56)38-77/h1-29,39H. The predicted molar refractivity (Wildman–Crippen MR) is 303 cm³/mol. The summed E-state index contributed by atoms with van der Waals surface area (Å²) in [5.74, 6) is 0. The molecule has 0 aliphatic carbocycles. The van der Waals surface area contributed by atoms with Gasteiger partial charge in [-0.2, -0.15) is 47.4 Å². The Morgan fingerprint density at radius 3 is 0.838 bits per heavy atom. The van der Waals surface area contributed by atoms with E-state index in [-0.39, 0.29) is 0 Å². The van der Waals surface area contributed by atoms with Gasteiger partial charge >= 0.3 is 0 Å². The van der Waals surface area contributed by atoms with E-state index in [0.717, 1.165) is 77.0 Å². The van der Waals surface area contributed by atoms with Crippen molar-refractivity contribution in [3.8, 4) is 122 Å². The average molecular weight is 1020 g/mol. The van der Waals surface area contributed by atoms with Gasteiger partial charge in [-0.25, -0.2) is 0 Å². The lowest BCUT2D eigenvalue weighted by atomic mass is 9.97. The first-order valence-corrected chi connectivity index (χ1v) is 24.6. The number of hydrogen-bond donors (Lipinski definition) is 0. The van der Waals surface area contributed by atoms with Gasteiger partial charge in [-0.1, -0.05) is 30.3 Å². The Labute approximate surface area is 456 Å². The SMILES string of the molecule is N#Cc1cc(C#N)cc(-c2ccc3c(c2)c2cc(-c4cc(C#N)cc(C#N)c4)ccc2n3-c2cnccc2-c2ccc(C#N)cc2-n2c3ccc(-c4cc(C#N)cc(C#N)c4)cc3c3cc(-c4cc(C#N)cc(C#N)c4)ccc32)c1. The molecule has 0 saturated heterocycles. The van der Waals surface area contributed by atoms with Gasteiger partial charge in [0, 0.05) is 38.9 Å². The first kappa shape index (κ1) is 48.1. The normalized spacial score (nSPS) is 10.6. The minimum atomic E-state index is 0.337. The molecule has 12 rings (SSSR count). The fourth-order valence-electron chi connectivity index (χ4n) is 10.8. The van der Waals surface area contributed by atoms with E-state index in [1.807, 2.05) is 91.0 Å². The summed E-state index contributed by atoms with van der Waals surface area (Å²) in [6.45, 7) is 0. The van der Waals surface area contributed by atoms with Crippen LogP contribution in [0.15, 0.2) is 182 Å². The zero-order valence-electron chi connectivity index (χ0n) is 41.7. The Morgan fingerprint density at radius 1 is 0.250 bits per heavy atom. The quantitative estimate of drug-likeness (QED) is 0.146. The Bertz CT molecular complexity index is 4750. The summed E-state index contributed by atoms with van der Waals surface area (Å²) in [5.41, 5.74) is 14.8. The van der Waals surface area contributed by atoms with E-state index in [1.165, 1.54) is 0 Å². The van der Waals surface area contributed by atoms with Crippen LogP contribution in [0, 0.1) is 102 Å². The van der Waals surface area contributed by atoms with Crippen molar-refractivity contribution >= 4 is 43.6 Å². The van der Waals surface area contributed by atoms with Crippen LogP contribution in [-0.4, -0.2) is 14.1 Å². The highest BCUT2D eigenvalue weighted by Gasteiger charge is 2.23. The Hall–Kier alpha value is -12.9. The number of aromatic nitrogens is 3. The second-order valence-corrected chi connectivity index (χ2v) is 18.9. The van der Waals surface area contributed by atoms with Crippen LogP contribution >= 0.6 is 0 Å².